The van der Waals surface area contributed by atoms with E-state index in [9.17, 15) is 14.4 Å². The maximum absolute atomic E-state index is 11.5. The van der Waals surface area contributed by atoms with Crippen LogP contribution >= 0.6 is 7.92 Å². The zero-order valence-corrected chi connectivity index (χ0v) is 20.0. The van der Waals surface area contributed by atoms with Crippen molar-refractivity contribution in [1.29, 1.82) is 0 Å². The van der Waals surface area contributed by atoms with Crippen molar-refractivity contribution < 1.29 is 14.4 Å². The Morgan fingerprint density at radius 2 is 1.03 bits per heavy atom. The van der Waals surface area contributed by atoms with Gasteiger partial charge in [0.1, 0.15) is 6.17 Å². The van der Waals surface area contributed by atoms with Crippen molar-refractivity contribution in [3.8, 4) is 0 Å². The number of hydrogen-bond donors (Lipinski definition) is 1. The van der Waals surface area contributed by atoms with E-state index in [-0.39, 0.29) is 0 Å². The molecule has 3 aromatic rings. The highest BCUT2D eigenvalue weighted by Crippen LogP contribution is 2.34. The van der Waals surface area contributed by atoms with Crippen LogP contribution in [0.5, 0.6) is 0 Å². The molecular weight excluding hydrogens is 447 g/mol. The van der Waals surface area contributed by atoms with Gasteiger partial charge in [-0.3, -0.25) is 19.3 Å². The molecule has 3 rings (SSSR count). The molecule has 8 heteroatoms. The average Bonchev–Trinajstić information content (AvgIpc) is 2.89. The summed E-state index contributed by atoms with van der Waals surface area (Å²) in [7, 11) is 2.47. The molecule has 1 unspecified atom stereocenters. The standard InChI is InChI=1S/C26H27N4O3P/c1-4-26(27)30(19-33)22-9-15-25(16-10-22)34(23-11-5-20(6-12-23)28(2)17-31)24-13-7-21(8-14-24)29(3)18-32/h4-19,26H,1,27H2,2-3H3. The van der Waals surface area contributed by atoms with Crippen molar-refractivity contribution in [2.75, 3.05) is 28.8 Å². The monoisotopic (exact) mass is 474 g/mol. The number of carbonyl (C=O) groups is 3. The fourth-order valence-corrected chi connectivity index (χ4v) is 5.67. The largest absolute Gasteiger partial charge is 0.318 e. The zero-order valence-electron chi connectivity index (χ0n) is 19.1. The maximum atomic E-state index is 11.5. The lowest BCUT2D eigenvalue weighted by molar-refractivity contribution is -0.108. The molecule has 1 atom stereocenters. The van der Waals surface area contributed by atoms with Gasteiger partial charge in [-0.1, -0.05) is 49.1 Å². The van der Waals surface area contributed by atoms with E-state index in [2.05, 4.69) is 6.58 Å². The van der Waals surface area contributed by atoms with E-state index in [0.29, 0.717) is 12.1 Å². The second-order valence-electron chi connectivity index (χ2n) is 7.56. The highest BCUT2D eigenvalue weighted by molar-refractivity contribution is 7.79. The van der Waals surface area contributed by atoms with Crippen molar-refractivity contribution >= 4 is 60.1 Å². The van der Waals surface area contributed by atoms with Crippen molar-refractivity contribution in [2.24, 2.45) is 5.73 Å². The molecule has 0 saturated heterocycles. The minimum absolute atomic E-state index is 0.616. The van der Waals surface area contributed by atoms with E-state index in [1.165, 1.54) is 20.8 Å². The lowest BCUT2D eigenvalue weighted by Gasteiger charge is -2.24. The molecular formula is C26H27N4O3P. The summed E-state index contributed by atoms with van der Waals surface area (Å²) in [6, 6.07) is 23.5. The SMILES string of the molecule is C=CC(N)N(C=O)c1ccc(P(c2ccc(N(C)C=O)cc2)c2ccc(N(C)C=O)cc2)cc1. The van der Waals surface area contributed by atoms with Crippen LogP contribution in [0.2, 0.25) is 0 Å². The lowest BCUT2D eigenvalue weighted by atomic mass is 10.3. The lowest BCUT2D eigenvalue weighted by Crippen LogP contribution is -2.39. The summed E-state index contributed by atoms with van der Waals surface area (Å²) >= 11 is 0. The van der Waals surface area contributed by atoms with Crippen LogP contribution in [0.4, 0.5) is 17.1 Å². The van der Waals surface area contributed by atoms with E-state index >= 15 is 0 Å². The molecule has 7 nitrogen and oxygen atoms in total. The summed E-state index contributed by atoms with van der Waals surface area (Å²) in [5.41, 5.74) is 8.23. The summed E-state index contributed by atoms with van der Waals surface area (Å²) in [5, 5.41) is 3.26. The van der Waals surface area contributed by atoms with Gasteiger partial charge in [-0.2, -0.15) is 0 Å². The number of nitrogens with two attached hydrogens (primary N) is 1. The molecule has 0 heterocycles. The molecule has 174 valence electrons. The number of nitrogens with zero attached hydrogens (tertiary/aromatic N) is 3. The average molecular weight is 475 g/mol. The van der Waals surface area contributed by atoms with Gasteiger partial charge in [-0.25, -0.2) is 0 Å². The molecule has 0 aliphatic heterocycles. The topological polar surface area (TPSA) is 86.9 Å². The van der Waals surface area contributed by atoms with Gasteiger partial charge >= 0.3 is 0 Å². The third kappa shape index (κ3) is 5.39. The molecule has 3 amide bonds. The Hall–Kier alpha value is -3.80. The van der Waals surface area contributed by atoms with E-state index in [4.69, 9.17) is 5.73 Å². The van der Waals surface area contributed by atoms with Crippen LogP contribution in [-0.4, -0.2) is 39.5 Å². The third-order valence-corrected chi connectivity index (χ3v) is 7.87. The van der Waals surface area contributed by atoms with Crippen LogP contribution in [0.1, 0.15) is 0 Å². The number of rotatable bonds is 11. The minimum atomic E-state index is -0.945. The molecule has 2 N–H and O–H groups in total. The first kappa shape index (κ1) is 24.8. The van der Waals surface area contributed by atoms with Crippen molar-refractivity contribution in [3.63, 3.8) is 0 Å². The van der Waals surface area contributed by atoms with Crippen molar-refractivity contribution in [2.45, 2.75) is 6.17 Å². The molecule has 34 heavy (non-hydrogen) atoms. The second kappa shape index (κ2) is 11.4. The van der Waals surface area contributed by atoms with Gasteiger partial charge in [0.2, 0.25) is 19.2 Å². The Morgan fingerprint density at radius 1 is 0.676 bits per heavy atom. The van der Waals surface area contributed by atoms with Crippen LogP contribution in [0.15, 0.2) is 85.5 Å². The molecule has 0 aromatic heterocycles. The summed E-state index contributed by atoms with van der Waals surface area (Å²) in [6.45, 7) is 3.66. The van der Waals surface area contributed by atoms with E-state index < -0.39 is 14.1 Å². The molecule has 3 aromatic carbocycles. The zero-order chi connectivity index (χ0) is 24.7. The first-order valence-corrected chi connectivity index (χ1v) is 11.9. The van der Waals surface area contributed by atoms with Gasteiger partial charge in [-0.05, 0) is 60.2 Å². The molecule has 0 aliphatic rings. The van der Waals surface area contributed by atoms with E-state index in [1.807, 2.05) is 72.8 Å². The van der Waals surface area contributed by atoms with Crippen LogP contribution in [0, 0.1) is 0 Å². The molecule has 0 fully saturated rings. The number of amides is 3. The van der Waals surface area contributed by atoms with Crippen LogP contribution in [0.3, 0.4) is 0 Å². The summed E-state index contributed by atoms with van der Waals surface area (Å²) in [4.78, 5) is 38.2. The third-order valence-electron chi connectivity index (χ3n) is 5.43. The smallest absolute Gasteiger partial charge is 0.215 e. The first-order valence-electron chi connectivity index (χ1n) is 10.5. The van der Waals surface area contributed by atoms with Gasteiger partial charge < -0.3 is 15.5 Å². The normalized spacial score (nSPS) is 11.4. The Bertz CT molecular complexity index is 1080. The highest BCUT2D eigenvalue weighted by atomic mass is 31.1. The van der Waals surface area contributed by atoms with Gasteiger partial charge in [0.25, 0.3) is 0 Å². The fraction of sp³-hybridized carbons (Fsp3) is 0.115. The number of benzene rings is 3. The molecule has 0 bridgehead atoms. The number of anilines is 3. The summed E-state index contributed by atoms with van der Waals surface area (Å²) in [5.74, 6) is 0. The van der Waals surface area contributed by atoms with Crippen LogP contribution < -0.4 is 36.3 Å². The van der Waals surface area contributed by atoms with Gasteiger partial charge in [0.15, 0.2) is 0 Å². The predicted molar refractivity (Wildman–Crippen MR) is 141 cm³/mol. The van der Waals surface area contributed by atoms with Gasteiger partial charge in [0.05, 0.1) is 0 Å². The van der Waals surface area contributed by atoms with Gasteiger partial charge in [-0.15, -0.1) is 0 Å². The Labute approximate surface area is 200 Å². The number of carbonyl (C=O) groups excluding carboxylic acids is 3. The van der Waals surface area contributed by atoms with Crippen molar-refractivity contribution in [3.05, 3.63) is 85.5 Å². The number of hydrogen-bond acceptors (Lipinski definition) is 4. The van der Waals surface area contributed by atoms with Crippen molar-refractivity contribution in [1.82, 2.24) is 0 Å². The molecule has 0 saturated carbocycles. The fourth-order valence-electron chi connectivity index (χ4n) is 3.43. The van der Waals surface area contributed by atoms with Crippen LogP contribution in [-0.2, 0) is 14.4 Å². The predicted octanol–water partition coefficient (Wildman–Crippen LogP) is 2.06. The second-order valence-corrected chi connectivity index (χ2v) is 9.78. The Balaban J connectivity index is 2.04. The minimum Gasteiger partial charge on any atom is -0.318 e. The molecule has 0 spiro atoms. The Kier molecular flexibility index (Phi) is 8.30. The molecule has 0 aliphatic carbocycles. The Morgan fingerprint density at radius 3 is 1.32 bits per heavy atom. The van der Waals surface area contributed by atoms with Gasteiger partial charge in [0, 0.05) is 31.2 Å². The van der Waals surface area contributed by atoms with E-state index in [0.717, 1.165) is 40.1 Å². The summed E-state index contributed by atoms with van der Waals surface area (Å²) in [6.07, 6.45) is 3.12. The van der Waals surface area contributed by atoms with Crippen LogP contribution in [0.25, 0.3) is 0 Å². The first-order chi connectivity index (χ1) is 16.4. The maximum Gasteiger partial charge on any atom is 0.215 e. The molecule has 0 radical (unpaired) electrons. The van der Waals surface area contributed by atoms with E-state index in [1.54, 1.807) is 14.1 Å². The highest BCUT2D eigenvalue weighted by Gasteiger charge is 2.19. The quantitative estimate of drug-likeness (QED) is 0.200. The summed E-state index contributed by atoms with van der Waals surface area (Å²) < 4.78 is 0.